The van der Waals surface area contributed by atoms with Crippen LogP contribution in [0.3, 0.4) is 0 Å². The minimum Gasteiger partial charge on any atom is -0.309 e. The molecular formula is C22H16BrN. The van der Waals surface area contributed by atoms with Gasteiger partial charge in [-0.05, 0) is 57.0 Å². The zero-order chi connectivity index (χ0) is 16.4. The number of rotatable bonds is 3. The van der Waals surface area contributed by atoms with Gasteiger partial charge >= 0.3 is 0 Å². The average Bonchev–Trinajstić information content (AvgIpc) is 2.66. The molecule has 0 saturated heterocycles. The molecule has 0 unspecified atom stereocenters. The van der Waals surface area contributed by atoms with E-state index in [9.17, 15) is 0 Å². The van der Waals surface area contributed by atoms with Gasteiger partial charge in [0.2, 0.25) is 0 Å². The van der Waals surface area contributed by atoms with Gasteiger partial charge in [-0.25, -0.2) is 0 Å². The molecule has 0 saturated carbocycles. The molecule has 0 spiro atoms. The maximum atomic E-state index is 3.84. The molecule has 2 heteroatoms. The fourth-order valence-corrected chi connectivity index (χ4v) is 3.65. The molecule has 0 fully saturated rings. The second kappa shape index (κ2) is 6.50. The number of fused-ring (bicyclic) bond motifs is 1. The third-order valence-corrected chi connectivity index (χ3v) is 4.95. The summed E-state index contributed by atoms with van der Waals surface area (Å²) < 4.78 is 1.10. The number of para-hydroxylation sites is 2. The highest BCUT2D eigenvalue weighted by Crippen LogP contribution is 2.41. The summed E-state index contributed by atoms with van der Waals surface area (Å²) in [5.74, 6) is 0. The van der Waals surface area contributed by atoms with Crippen molar-refractivity contribution in [2.24, 2.45) is 0 Å². The summed E-state index contributed by atoms with van der Waals surface area (Å²) >= 11 is 3.84. The lowest BCUT2D eigenvalue weighted by Crippen LogP contribution is -2.10. The third-order valence-electron chi connectivity index (χ3n) is 4.11. The van der Waals surface area contributed by atoms with Gasteiger partial charge in [0, 0.05) is 15.8 Å². The van der Waals surface area contributed by atoms with Crippen LogP contribution in [0.2, 0.25) is 0 Å². The summed E-state index contributed by atoms with van der Waals surface area (Å²) in [4.78, 5) is 2.27. The zero-order valence-corrected chi connectivity index (χ0v) is 14.6. The van der Waals surface area contributed by atoms with Gasteiger partial charge in [0.25, 0.3) is 0 Å². The van der Waals surface area contributed by atoms with Crippen molar-refractivity contribution in [3.05, 3.63) is 102 Å². The molecule has 4 rings (SSSR count). The topological polar surface area (TPSA) is 3.24 Å². The molecular weight excluding hydrogens is 358 g/mol. The van der Waals surface area contributed by atoms with Gasteiger partial charge in [-0.15, -0.1) is 0 Å². The number of benzene rings is 4. The lowest BCUT2D eigenvalue weighted by atomic mass is 10.1. The van der Waals surface area contributed by atoms with Crippen molar-refractivity contribution in [1.29, 1.82) is 0 Å². The molecule has 1 nitrogen and oxygen atoms in total. The minimum absolute atomic E-state index is 1.10. The predicted octanol–water partition coefficient (Wildman–Crippen LogP) is 7.07. The van der Waals surface area contributed by atoms with E-state index >= 15 is 0 Å². The summed E-state index contributed by atoms with van der Waals surface area (Å²) in [7, 11) is 0. The van der Waals surface area contributed by atoms with Crippen molar-refractivity contribution in [2.45, 2.75) is 0 Å². The van der Waals surface area contributed by atoms with Crippen molar-refractivity contribution in [3.8, 4) is 0 Å². The maximum absolute atomic E-state index is 3.84. The van der Waals surface area contributed by atoms with Gasteiger partial charge in [0.1, 0.15) is 0 Å². The summed E-state index contributed by atoms with van der Waals surface area (Å²) in [5.41, 5.74) is 3.41. The first-order valence-electron chi connectivity index (χ1n) is 7.92. The second-order valence-corrected chi connectivity index (χ2v) is 6.42. The van der Waals surface area contributed by atoms with Crippen LogP contribution in [-0.4, -0.2) is 0 Å². The average molecular weight is 374 g/mol. The van der Waals surface area contributed by atoms with Crippen LogP contribution in [0.25, 0.3) is 10.8 Å². The van der Waals surface area contributed by atoms with Crippen LogP contribution < -0.4 is 4.90 Å². The molecule has 0 amide bonds. The third kappa shape index (κ3) is 2.70. The van der Waals surface area contributed by atoms with Crippen molar-refractivity contribution in [1.82, 2.24) is 0 Å². The van der Waals surface area contributed by atoms with E-state index in [1.165, 1.54) is 10.8 Å². The van der Waals surface area contributed by atoms with Crippen LogP contribution >= 0.6 is 15.9 Å². The van der Waals surface area contributed by atoms with Gasteiger partial charge in [0.15, 0.2) is 0 Å². The van der Waals surface area contributed by atoms with Crippen molar-refractivity contribution >= 4 is 43.8 Å². The monoisotopic (exact) mass is 373 g/mol. The van der Waals surface area contributed by atoms with Gasteiger partial charge in [-0.2, -0.15) is 0 Å². The summed E-state index contributed by atoms with van der Waals surface area (Å²) in [6.45, 7) is 0. The quantitative estimate of drug-likeness (QED) is 0.371. The normalized spacial score (nSPS) is 10.7. The Kier molecular flexibility index (Phi) is 4.06. The van der Waals surface area contributed by atoms with Crippen molar-refractivity contribution < 1.29 is 0 Å². The second-order valence-electron chi connectivity index (χ2n) is 5.63. The van der Waals surface area contributed by atoms with Gasteiger partial charge in [-0.3, -0.25) is 0 Å². The molecule has 116 valence electrons. The van der Waals surface area contributed by atoms with E-state index in [4.69, 9.17) is 0 Å². The summed E-state index contributed by atoms with van der Waals surface area (Å²) in [5, 5.41) is 2.45. The Morgan fingerprint density at radius 2 is 1.08 bits per heavy atom. The van der Waals surface area contributed by atoms with Gasteiger partial charge < -0.3 is 4.90 Å². The number of nitrogens with zero attached hydrogens (tertiary/aromatic N) is 1. The number of hydrogen-bond acceptors (Lipinski definition) is 1. The van der Waals surface area contributed by atoms with Gasteiger partial charge in [-0.1, -0.05) is 66.7 Å². The van der Waals surface area contributed by atoms with Crippen molar-refractivity contribution in [3.63, 3.8) is 0 Å². The van der Waals surface area contributed by atoms with E-state index in [-0.39, 0.29) is 0 Å². The Bertz CT molecular complexity index is 925. The van der Waals surface area contributed by atoms with Crippen LogP contribution in [-0.2, 0) is 0 Å². The Morgan fingerprint density at radius 1 is 0.542 bits per heavy atom. The Balaban J connectivity index is 1.96. The molecule has 0 radical (unpaired) electrons. The lowest BCUT2D eigenvalue weighted by Gasteiger charge is -2.27. The summed E-state index contributed by atoms with van der Waals surface area (Å²) in [6.07, 6.45) is 0. The standard InChI is InChI=1S/C22H16BrN/c23-22-20-14-8-7-9-17(20)15-16-21(22)24(18-10-3-1-4-11-18)19-12-5-2-6-13-19/h1-16H. The molecule has 24 heavy (non-hydrogen) atoms. The van der Waals surface area contributed by atoms with E-state index < -0.39 is 0 Å². The van der Waals surface area contributed by atoms with E-state index in [2.05, 4.69) is 106 Å². The Hall–Kier alpha value is -2.58. The SMILES string of the molecule is Brc1c(N(c2ccccc2)c2ccccc2)ccc2ccccc12. The highest BCUT2D eigenvalue weighted by molar-refractivity contribution is 9.10. The summed E-state index contributed by atoms with van der Waals surface area (Å²) in [6, 6.07) is 33.7. The molecule has 0 N–H and O–H groups in total. The fraction of sp³-hybridized carbons (Fsp3) is 0. The maximum Gasteiger partial charge on any atom is 0.0610 e. The number of anilines is 3. The van der Waals surface area contributed by atoms with E-state index in [0.717, 1.165) is 21.5 Å². The Morgan fingerprint density at radius 3 is 1.71 bits per heavy atom. The molecule has 0 heterocycles. The van der Waals surface area contributed by atoms with Crippen LogP contribution in [0.1, 0.15) is 0 Å². The van der Waals surface area contributed by atoms with Crippen LogP contribution in [0, 0.1) is 0 Å². The molecule has 4 aromatic rings. The van der Waals surface area contributed by atoms with E-state index in [0.29, 0.717) is 0 Å². The molecule has 0 aliphatic carbocycles. The van der Waals surface area contributed by atoms with E-state index in [1.807, 2.05) is 12.1 Å². The van der Waals surface area contributed by atoms with Crippen molar-refractivity contribution in [2.75, 3.05) is 4.90 Å². The predicted molar refractivity (Wildman–Crippen MR) is 106 cm³/mol. The highest BCUT2D eigenvalue weighted by Gasteiger charge is 2.16. The van der Waals surface area contributed by atoms with Crippen LogP contribution in [0.15, 0.2) is 102 Å². The molecule has 0 atom stereocenters. The van der Waals surface area contributed by atoms with Gasteiger partial charge in [0.05, 0.1) is 5.69 Å². The molecule has 0 bridgehead atoms. The Labute approximate surface area is 150 Å². The van der Waals surface area contributed by atoms with Crippen LogP contribution in [0.5, 0.6) is 0 Å². The molecule has 0 aliphatic heterocycles. The minimum atomic E-state index is 1.10. The fourth-order valence-electron chi connectivity index (χ4n) is 2.98. The highest BCUT2D eigenvalue weighted by atomic mass is 79.9. The zero-order valence-electron chi connectivity index (χ0n) is 13.1. The smallest absolute Gasteiger partial charge is 0.0610 e. The number of hydrogen-bond donors (Lipinski definition) is 0. The molecule has 0 aromatic heterocycles. The first-order chi connectivity index (χ1) is 11.8. The van der Waals surface area contributed by atoms with E-state index in [1.54, 1.807) is 0 Å². The largest absolute Gasteiger partial charge is 0.309 e. The molecule has 4 aromatic carbocycles. The lowest BCUT2D eigenvalue weighted by molar-refractivity contribution is 1.28. The first-order valence-corrected chi connectivity index (χ1v) is 8.71. The van der Waals surface area contributed by atoms with Crippen LogP contribution in [0.4, 0.5) is 17.1 Å². The number of halogens is 1. The molecule has 0 aliphatic rings. The first kappa shape index (κ1) is 15.0.